The number of anilines is 1. The van der Waals surface area contributed by atoms with Crippen molar-refractivity contribution >= 4 is 11.6 Å². The number of carbonyl (C=O) groups is 1. The van der Waals surface area contributed by atoms with Gasteiger partial charge in [0.15, 0.2) is 0 Å². The van der Waals surface area contributed by atoms with E-state index < -0.39 is 0 Å². The number of benzene rings is 1. The van der Waals surface area contributed by atoms with Crippen LogP contribution in [-0.2, 0) is 4.79 Å². The lowest BCUT2D eigenvalue weighted by molar-refractivity contribution is -0.116. The molecule has 1 aromatic carbocycles. The number of aliphatic hydroxyl groups is 1. The highest BCUT2D eigenvalue weighted by Crippen LogP contribution is 2.17. The Hall–Kier alpha value is -1.55. The quantitative estimate of drug-likeness (QED) is 0.698. The number of amides is 1. The van der Waals surface area contributed by atoms with E-state index in [-0.39, 0.29) is 12.5 Å². The smallest absolute Gasteiger partial charge is 0.224 e. The van der Waals surface area contributed by atoms with E-state index >= 15 is 0 Å². The Balaban J connectivity index is 2.43. The van der Waals surface area contributed by atoms with Gasteiger partial charge in [0.2, 0.25) is 5.91 Å². The zero-order chi connectivity index (χ0) is 13.2. The average Bonchev–Trinajstić information content (AvgIpc) is 2.37. The second-order valence-corrected chi connectivity index (χ2v) is 4.11. The molecule has 0 saturated heterocycles. The van der Waals surface area contributed by atoms with Crippen LogP contribution in [0.3, 0.4) is 0 Å². The van der Waals surface area contributed by atoms with Gasteiger partial charge in [-0.25, -0.2) is 0 Å². The van der Waals surface area contributed by atoms with Crippen molar-refractivity contribution in [1.82, 2.24) is 0 Å². The first-order valence-corrected chi connectivity index (χ1v) is 6.40. The summed E-state index contributed by atoms with van der Waals surface area (Å²) in [7, 11) is 0. The number of nitrogens with one attached hydrogen (secondary N) is 1. The Morgan fingerprint density at radius 1 is 1.39 bits per heavy atom. The SMILES string of the molecule is CCCOc1cccc(NC(=O)CCCCO)c1. The summed E-state index contributed by atoms with van der Waals surface area (Å²) >= 11 is 0. The van der Waals surface area contributed by atoms with Crippen LogP contribution in [-0.4, -0.2) is 24.2 Å². The third-order valence-corrected chi connectivity index (χ3v) is 2.40. The minimum Gasteiger partial charge on any atom is -0.494 e. The molecule has 18 heavy (non-hydrogen) atoms. The zero-order valence-electron chi connectivity index (χ0n) is 10.8. The van der Waals surface area contributed by atoms with Crippen LogP contribution < -0.4 is 10.1 Å². The van der Waals surface area contributed by atoms with Gasteiger partial charge in [0, 0.05) is 24.8 Å². The fraction of sp³-hybridized carbons (Fsp3) is 0.500. The molecule has 2 N–H and O–H groups in total. The minimum absolute atomic E-state index is 0.0314. The first-order valence-electron chi connectivity index (χ1n) is 6.40. The van der Waals surface area contributed by atoms with Crippen LogP contribution in [0, 0.1) is 0 Å². The van der Waals surface area contributed by atoms with Gasteiger partial charge < -0.3 is 15.2 Å². The second kappa shape index (κ2) is 8.53. The van der Waals surface area contributed by atoms with E-state index in [1.54, 1.807) is 0 Å². The van der Waals surface area contributed by atoms with Gasteiger partial charge in [0.05, 0.1) is 6.61 Å². The van der Waals surface area contributed by atoms with Gasteiger partial charge in [0.25, 0.3) is 0 Å². The summed E-state index contributed by atoms with van der Waals surface area (Å²) in [5.41, 5.74) is 0.748. The summed E-state index contributed by atoms with van der Waals surface area (Å²) in [5.74, 6) is 0.737. The molecule has 0 fully saturated rings. The molecule has 100 valence electrons. The Kier molecular flexibility index (Phi) is 6.87. The van der Waals surface area contributed by atoms with E-state index in [0.717, 1.165) is 17.9 Å². The number of unbranched alkanes of at least 4 members (excludes halogenated alkanes) is 1. The zero-order valence-corrected chi connectivity index (χ0v) is 10.8. The van der Waals surface area contributed by atoms with Gasteiger partial charge in [0.1, 0.15) is 5.75 Å². The summed E-state index contributed by atoms with van der Waals surface area (Å²) in [6.45, 7) is 2.86. The fourth-order valence-corrected chi connectivity index (χ4v) is 1.50. The second-order valence-electron chi connectivity index (χ2n) is 4.11. The molecule has 0 unspecified atom stereocenters. The van der Waals surface area contributed by atoms with Crippen molar-refractivity contribution in [3.05, 3.63) is 24.3 Å². The highest BCUT2D eigenvalue weighted by Gasteiger charge is 2.03. The Morgan fingerprint density at radius 2 is 2.22 bits per heavy atom. The molecular weight excluding hydrogens is 230 g/mol. The third kappa shape index (κ3) is 5.68. The molecule has 0 bridgehead atoms. The number of hydrogen-bond donors (Lipinski definition) is 2. The maximum absolute atomic E-state index is 11.6. The molecule has 0 aliphatic rings. The lowest BCUT2D eigenvalue weighted by Crippen LogP contribution is -2.11. The van der Waals surface area contributed by atoms with Crippen LogP contribution in [0.25, 0.3) is 0 Å². The van der Waals surface area contributed by atoms with E-state index in [9.17, 15) is 4.79 Å². The van der Waals surface area contributed by atoms with Gasteiger partial charge in [-0.2, -0.15) is 0 Å². The Morgan fingerprint density at radius 3 is 2.94 bits per heavy atom. The summed E-state index contributed by atoms with van der Waals surface area (Å²) in [6.07, 6.45) is 2.75. The van der Waals surface area contributed by atoms with Crippen LogP contribution in [0.4, 0.5) is 5.69 Å². The molecule has 1 aromatic rings. The summed E-state index contributed by atoms with van der Waals surface area (Å²) < 4.78 is 5.49. The maximum Gasteiger partial charge on any atom is 0.224 e. The lowest BCUT2D eigenvalue weighted by atomic mass is 10.2. The van der Waals surface area contributed by atoms with Gasteiger partial charge in [-0.1, -0.05) is 13.0 Å². The monoisotopic (exact) mass is 251 g/mol. The van der Waals surface area contributed by atoms with E-state index in [4.69, 9.17) is 9.84 Å². The first kappa shape index (κ1) is 14.5. The molecule has 1 amide bonds. The molecule has 0 heterocycles. The summed E-state index contributed by atoms with van der Waals surface area (Å²) in [5, 5.41) is 11.5. The van der Waals surface area contributed by atoms with Crippen molar-refractivity contribution in [2.75, 3.05) is 18.5 Å². The molecule has 1 rings (SSSR count). The number of rotatable bonds is 8. The van der Waals surface area contributed by atoms with Crippen LogP contribution in [0.2, 0.25) is 0 Å². The number of hydrogen-bond acceptors (Lipinski definition) is 3. The van der Waals surface area contributed by atoms with Crippen molar-refractivity contribution in [3.8, 4) is 5.75 Å². The molecule has 0 spiro atoms. The summed E-state index contributed by atoms with van der Waals surface area (Å²) in [6, 6.07) is 7.38. The molecule has 0 aliphatic heterocycles. The minimum atomic E-state index is -0.0314. The van der Waals surface area contributed by atoms with Crippen molar-refractivity contribution < 1.29 is 14.6 Å². The molecule has 4 heteroatoms. The van der Waals surface area contributed by atoms with E-state index in [1.165, 1.54) is 0 Å². The molecule has 0 aliphatic carbocycles. The van der Waals surface area contributed by atoms with Gasteiger partial charge in [-0.15, -0.1) is 0 Å². The Bertz CT molecular complexity index is 366. The van der Waals surface area contributed by atoms with Crippen molar-refractivity contribution in [2.24, 2.45) is 0 Å². The largest absolute Gasteiger partial charge is 0.494 e. The maximum atomic E-state index is 11.6. The molecule has 0 saturated carbocycles. The van der Waals surface area contributed by atoms with Crippen molar-refractivity contribution in [2.45, 2.75) is 32.6 Å². The van der Waals surface area contributed by atoms with E-state index in [1.807, 2.05) is 31.2 Å². The average molecular weight is 251 g/mol. The van der Waals surface area contributed by atoms with Crippen molar-refractivity contribution in [1.29, 1.82) is 0 Å². The van der Waals surface area contributed by atoms with Gasteiger partial charge in [-0.3, -0.25) is 4.79 Å². The third-order valence-electron chi connectivity index (χ3n) is 2.40. The summed E-state index contributed by atoms with van der Waals surface area (Å²) in [4.78, 5) is 11.6. The molecule has 0 atom stereocenters. The normalized spacial score (nSPS) is 10.1. The van der Waals surface area contributed by atoms with Crippen LogP contribution >= 0.6 is 0 Å². The van der Waals surface area contributed by atoms with Gasteiger partial charge in [-0.05, 0) is 31.4 Å². The number of ether oxygens (including phenoxy) is 1. The molecular formula is C14H21NO3. The predicted molar refractivity (Wildman–Crippen MR) is 71.8 cm³/mol. The van der Waals surface area contributed by atoms with E-state index in [0.29, 0.717) is 25.9 Å². The standard InChI is InChI=1S/C14H21NO3/c1-2-10-18-13-7-5-6-12(11-13)15-14(17)8-3-4-9-16/h5-7,11,16H,2-4,8-10H2,1H3,(H,15,17). The molecule has 0 aromatic heterocycles. The molecule has 0 radical (unpaired) electrons. The highest BCUT2D eigenvalue weighted by molar-refractivity contribution is 5.90. The predicted octanol–water partition coefficient (Wildman–Crippen LogP) is 2.58. The fourth-order valence-electron chi connectivity index (χ4n) is 1.50. The number of aliphatic hydroxyl groups excluding tert-OH is 1. The van der Waals surface area contributed by atoms with Crippen LogP contribution in [0.15, 0.2) is 24.3 Å². The van der Waals surface area contributed by atoms with Crippen LogP contribution in [0.5, 0.6) is 5.75 Å². The first-order chi connectivity index (χ1) is 8.76. The van der Waals surface area contributed by atoms with Crippen molar-refractivity contribution in [3.63, 3.8) is 0 Å². The van der Waals surface area contributed by atoms with Gasteiger partial charge >= 0.3 is 0 Å². The highest BCUT2D eigenvalue weighted by atomic mass is 16.5. The Labute approximate surface area is 108 Å². The molecule has 4 nitrogen and oxygen atoms in total. The lowest BCUT2D eigenvalue weighted by Gasteiger charge is -2.08. The topological polar surface area (TPSA) is 58.6 Å². The van der Waals surface area contributed by atoms with E-state index in [2.05, 4.69) is 5.32 Å². The van der Waals surface area contributed by atoms with Crippen LogP contribution in [0.1, 0.15) is 32.6 Å². The number of carbonyl (C=O) groups excluding carboxylic acids is 1.